The molecule has 0 N–H and O–H groups in total. The summed E-state index contributed by atoms with van der Waals surface area (Å²) in [5, 5.41) is 12.4. The van der Waals surface area contributed by atoms with Gasteiger partial charge in [0, 0.05) is 6.08 Å². The molecule has 1 atom stereocenters. The van der Waals surface area contributed by atoms with Crippen LogP contribution in [0.5, 0.6) is 17.2 Å². The van der Waals surface area contributed by atoms with Crippen molar-refractivity contribution in [2.75, 3.05) is 0 Å². The highest BCUT2D eigenvalue weighted by Gasteiger charge is 2.04. The van der Waals surface area contributed by atoms with E-state index in [0.717, 1.165) is 0 Å². The Morgan fingerprint density at radius 3 is 2.15 bits per heavy atom. The van der Waals surface area contributed by atoms with E-state index in [1.54, 1.807) is 75.4 Å². The van der Waals surface area contributed by atoms with Crippen LogP contribution in [-0.2, 0) is 9.63 Å². The maximum absolute atomic E-state index is 11.5. The molecule has 27 heavy (non-hydrogen) atoms. The van der Waals surface area contributed by atoms with Crippen molar-refractivity contribution in [3.05, 3.63) is 66.2 Å². The number of oxime groups is 1. The van der Waals surface area contributed by atoms with Crippen molar-refractivity contribution in [1.29, 1.82) is 5.26 Å². The minimum Gasteiger partial charge on any atom is -0.487 e. The van der Waals surface area contributed by atoms with E-state index < -0.39 is 5.97 Å². The average molecular weight is 364 g/mol. The molecule has 0 heterocycles. The monoisotopic (exact) mass is 364 g/mol. The lowest BCUT2D eigenvalue weighted by atomic mass is 10.2. The molecule has 1 unspecified atom stereocenters. The fourth-order valence-corrected chi connectivity index (χ4v) is 1.95. The molecule has 0 saturated carbocycles. The molecule has 0 fully saturated rings. The summed E-state index contributed by atoms with van der Waals surface area (Å²) in [7, 11) is 0. The second-order valence-electron chi connectivity index (χ2n) is 5.84. The topological polar surface area (TPSA) is 80.9 Å². The quantitative estimate of drug-likeness (QED) is 0.310. The van der Waals surface area contributed by atoms with Crippen molar-refractivity contribution in [2.45, 2.75) is 26.9 Å². The van der Waals surface area contributed by atoms with E-state index in [2.05, 4.69) is 16.1 Å². The molecular weight excluding hydrogens is 344 g/mol. The van der Waals surface area contributed by atoms with Gasteiger partial charge in [-0.2, -0.15) is 5.26 Å². The Balaban J connectivity index is 1.88. The summed E-state index contributed by atoms with van der Waals surface area (Å²) in [6.07, 6.45) is 2.54. The van der Waals surface area contributed by atoms with Gasteiger partial charge in [0.25, 0.3) is 0 Å². The zero-order valence-electron chi connectivity index (χ0n) is 15.4. The van der Waals surface area contributed by atoms with Gasteiger partial charge in [-0.3, -0.25) is 0 Å². The van der Waals surface area contributed by atoms with Gasteiger partial charge >= 0.3 is 5.97 Å². The smallest absolute Gasteiger partial charge is 0.358 e. The van der Waals surface area contributed by atoms with E-state index in [1.807, 2.05) is 0 Å². The van der Waals surface area contributed by atoms with E-state index in [0.29, 0.717) is 28.5 Å². The number of rotatable bonds is 7. The second-order valence-corrected chi connectivity index (χ2v) is 5.84. The first-order valence-electron chi connectivity index (χ1n) is 8.31. The predicted molar refractivity (Wildman–Crippen MR) is 102 cm³/mol. The Hall–Kier alpha value is -3.59. The summed E-state index contributed by atoms with van der Waals surface area (Å²) < 4.78 is 11.4. The van der Waals surface area contributed by atoms with Crippen molar-refractivity contribution in [1.82, 2.24) is 0 Å². The van der Waals surface area contributed by atoms with Crippen molar-refractivity contribution in [3.8, 4) is 23.3 Å². The van der Waals surface area contributed by atoms with Crippen LogP contribution in [0, 0.1) is 11.3 Å². The van der Waals surface area contributed by atoms with Gasteiger partial charge in [0.15, 0.2) is 0 Å². The summed E-state index contributed by atoms with van der Waals surface area (Å²) in [5.74, 6) is 1.36. The molecule has 6 nitrogen and oxygen atoms in total. The summed E-state index contributed by atoms with van der Waals surface area (Å²) in [5.41, 5.74) is 1.23. The van der Waals surface area contributed by atoms with Crippen LogP contribution >= 0.6 is 0 Å². The molecule has 2 rings (SSSR count). The third kappa shape index (κ3) is 7.04. The fourth-order valence-electron chi connectivity index (χ4n) is 1.95. The maximum Gasteiger partial charge on any atom is 0.358 e. The highest BCUT2D eigenvalue weighted by molar-refractivity contribution is 5.84. The van der Waals surface area contributed by atoms with Crippen LogP contribution in [0.2, 0.25) is 0 Å². The number of nitriles is 1. The van der Waals surface area contributed by atoms with Crippen molar-refractivity contribution in [2.24, 2.45) is 5.16 Å². The van der Waals surface area contributed by atoms with E-state index in [4.69, 9.17) is 14.7 Å². The molecule has 0 amide bonds. The Morgan fingerprint density at radius 1 is 1.04 bits per heavy atom. The van der Waals surface area contributed by atoms with Crippen molar-refractivity contribution in [3.63, 3.8) is 0 Å². The first-order chi connectivity index (χ1) is 13.0. The molecule has 0 saturated heterocycles. The number of benzene rings is 2. The van der Waals surface area contributed by atoms with Gasteiger partial charge in [-0.25, -0.2) is 4.79 Å². The maximum atomic E-state index is 11.5. The second kappa shape index (κ2) is 9.78. The highest BCUT2D eigenvalue weighted by atomic mass is 16.7. The van der Waals surface area contributed by atoms with Crippen LogP contribution in [0.25, 0.3) is 0 Å². The molecule has 0 aliphatic heterocycles. The Kier molecular flexibility index (Phi) is 7.15. The minimum atomic E-state index is -0.558. The van der Waals surface area contributed by atoms with Crippen LogP contribution in [-0.4, -0.2) is 17.8 Å². The van der Waals surface area contributed by atoms with Gasteiger partial charge in [0.05, 0.1) is 17.3 Å². The first-order valence-corrected chi connectivity index (χ1v) is 8.31. The molecule has 6 heteroatoms. The van der Waals surface area contributed by atoms with Crippen LogP contribution in [0.1, 0.15) is 26.3 Å². The van der Waals surface area contributed by atoms with Gasteiger partial charge < -0.3 is 14.3 Å². The molecular formula is C21H20N2O4. The molecule has 0 radical (unpaired) electrons. The van der Waals surface area contributed by atoms with Gasteiger partial charge in [0.2, 0.25) is 0 Å². The van der Waals surface area contributed by atoms with Crippen LogP contribution < -0.4 is 9.47 Å². The number of carbonyl (C=O) groups excluding carboxylic acids is 1. The van der Waals surface area contributed by atoms with Gasteiger partial charge in [-0.05, 0) is 75.4 Å². The van der Waals surface area contributed by atoms with Crippen LogP contribution in [0.15, 0.2) is 65.8 Å². The van der Waals surface area contributed by atoms with Crippen molar-refractivity contribution < 1.29 is 19.1 Å². The number of nitrogens with zero attached hydrogens (tertiary/aromatic N) is 2. The molecule has 0 spiro atoms. The summed E-state index contributed by atoms with van der Waals surface area (Å²) >= 11 is 0. The summed E-state index contributed by atoms with van der Waals surface area (Å²) in [6, 6.07) is 16.0. The number of hydrogen-bond acceptors (Lipinski definition) is 6. The minimum absolute atomic E-state index is 0.324. The predicted octanol–water partition coefficient (Wildman–Crippen LogP) is 4.61. The Labute approximate surface area is 158 Å². The van der Waals surface area contributed by atoms with E-state index >= 15 is 0 Å². The lowest BCUT2D eigenvalue weighted by Crippen LogP contribution is -2.09. The van der Waals surface area contributed by atoms with E-state index in [1.165, 1.54) is 6.08 Å². The molecule has 2 aromatic carbocycles. The standard InChI is InChI=1S/C21H20N2O4/c1-15(2)23-27-21(24)13-4-16(3)25-18-9-11-20(12-10-18)26-19-7-5-17(14-22)6-8-19/h4-13,16H,1-3H3/b13-4+. The Bertz CT molecular complexity index is 859. The largest absolute Gasteiger partial charge is 0.487 e. The number of hydrogen-bond donors (Lipinski definition) is 0. The zero-order chi connectivity index (χ0) is 19.6. The van der Waals surface area contributed by atoms with E-state index in [9.17, 15) is 4.79 Å². The van der Waals surface area contributed by atoms with Crippen LogP contribution in [0.3, 0.4) is 0 Å². The molecule has 0 aliphatic rings. The summed E-state index contributed by atoms with van der Waals surface area (Å²) in [6.45, 7) is 5.27. The lowest BCUT2D eigenvalue weighted by Gasteiger charge is -2.11. The van der Waals surface area contributed by atoms with Crippen LogP contribution in [0.4, 0.5) is 0 Å². The normalized spacial score (nSPS) is 11.3. The number of carbonyl (C=O) groups is 1. The fraction of sp³-hybridized carbons (Fsp3) is 0.190. The van der Waals surface area contributed by atoms with Gasteiger partial charge in [-0.15, -0.1) is 0 Å². The third-order valence-corrected chi connectivity index (χ3v) is 3.19. The SMILES string of the molecule is CC(C)=NOC(=O)/C=C/C(C)Oc1ccc(Oc2ccc(C#N)cc2)cc1. The summed E-state index contributed by atoms with van der Waals surface area (Å²) in [4.78, 5) is 16.1. The molecule has 138 valence electrons. The number of ether oxygens (including phenoxy) is 2. The lowest BCUT2D eigenvalue weighted by molar-refractivity contribution is -0.137. The van der Waals surface area contributed by atoms with Crippen molar-refractivity contribution >= 4 is 11.7 Å². The average Bonchev–Trinajstić information content (AvgIpc) is 2.67. The Morgan fingerprint density at radius 2 is 1.59 bits per heavy atom. The molecule has 0 bridgehead atoms. The van der Waals surface area contributed by atoms with Gasteiger partial charge in [-0.1, -0.05) is 5.16 Å². The highest BCUT2D eigenvalue weighted by Crippen LogP contribution is 2.24. The first kappa shape index (κ1) is 19.7. The molecule has 0 aromatic heterocycles. The van der Waals surface area contributed by atoms with Gasteiger partial charge in [0.1, 0.15) is 23.4 Å². The molecule has 2 aromatic rings. The third-order valence-electron chi connectivity index (χ3n) is 3.19. The zero-order valence-corrected chi connectivity index (χ0v) is 15.4. The van der Waals surface area contributed by atoms with E-state index in [-0.39, 0.29) is 6.10 Å². The molecule has 0 aliphatic carbocycles.